The zero-order valence-electron chi connectivity index (χ0n) is 10.6. The predicted molar refractivity (Wildman–Crippen MR) is 77.3 cm³/mol. The second-order valence-corrected chi connectivity index (χ2v) is 6.37. The van der Waals surface area contributed by atoms with Crippen LogP contribution in [0.1, 0.15) is 15.9 Å². The fourth-order valence-corrected chi connectivity index (χ4v) is 2.66. The Hall–Kier alpha value is -1.85. The summed E-state index contributed by atoms with van der Waals surface area (Å²) in [7, 11) is -3.89. The zero-order chi connectivity index (χ0) is 14.8. The van der Waals surface area contributed by atoms with Gasteiger partial charge in [0.15, 0.2) is 0 Å². The molecule has 2 aromatic rings. The first-order valence-corrected chi connectivity index (χ1v) is 7.64. The van der Waals surface area contributed by atoms with E-state index in [4.69, 9.17) is 11.6 Å². The highest BCUT2D eigenvalue weighted by atomic mass is 35.5. The lowest BCUT2D eigenvalue weighted by atomic mass is 10.1. The van der Waals surface area contributed by atoms with Gasteiger partial charge in [0.2, 0.25) is 0 Å². The maximum absolute atomic E-state index is 12.0. The van der Waals surface area contributed by atoms with E-state index in [0.717, 1.165) is 5.56 Å². The molecule has 0 radical (unpaired) electrons. The van der Waals surface area contributed by atoms with Crippen molar-refractivity contribution in [3.05, 3.63) is 64.7 Å². The molecule has 0 unspecified atom stereocenters. The molecule has 0 fully saturated rings. The summed E-state index contributed by atoms with van der Waals surface area (Å²) in [4.78, 5) is 11.9. The molecule has 0 atom stereocenters. The molecule has 0 aliphatic rings. The lowest BCUT2D eigenvalue weighted by Gasteiger charge is -2.07. The highest BCUT2D eigenvalue weighted by molar-refractivity contribution is 7.90. The van der Waals surface area contributed by atoms with Gasteiger partial charge in [0.25, 0.3) is 15.9 Å². The molecule has 1 amide bonds. The molecule has 0 bridgehead atoms. The van der Waals surface area contributed by atoms with E-state index < -0.39 is 15.9 Å². The number of carbonyl (C=O) groups excluding carboxylic acids is 1. The zero-order valence-corrected chi connectivity index (χ0v) is 12.2. The van der Waals surface area contributed by atoms with Gasteiger partial charge in [0.05, 0.1) is 4.90 Å². The average Bonchev–Trinajstić information content (AvgIpc) is 2.39. The third kappa shape index (κ3) is 3.37. The van der Waals surface area contributed by atoms with E-state index in [9.17, 15) is 13.2 Å². The first-order valence-electron chi connectivity index (χ1n) is 5.78. The van der Waals surface area contributed by atoms with Crippen molar-refractivity contribution in [3.63, 3.8) is 0 Å². The van der Waals surface area contributed by atoms with Crippen LogP contribution in [0.2, 0.25) is 5.02 Å². The molecular formula is C14H12ClNO3S. The summed E-state index contributed by atoms with van der Waals surface area (Å²) >= 11 is 5.70. The molecule has 104 valence electrons. The van der Waals surface area contributed by atoms with Crippen molar-refractivity contribution in [2.75, 3.05) is 0 Å². The van der Waals surface area contributed by atoms with Crippen LogP contribution in [-0.4, -0.2) is 14.3 Å². The van der Waals surface area contributed by atoms with Crippen molar-refractivity contribution in [2.45, 2.75) is 11.8 Å². The Bertz CT molecular complexity index is 722. The SMILES string of the molecule is Cc1ccc(C(=O)NS(=O)(=O)c2ccc(Cl)cc2)cc1. The van der Waals surface area contributed by atoms with E-state index in [1.807, 2.05) is 11.6 Å². The number of benzene rings is 2. The second kappa shape index (κ2) is 5.64. The molecule has 0 saturated heterocycles. The van der Waals surface area contributed by atoms with Crippen molar-refractivity contribution in [3.8, 4) is 0 Å². The molecule has 0 spiro atoms. The molecule has 1 N–H and O–H groups in total. The van der Waals surface area contributed by atoms with E-state index in [1.165, 1.54) is 24.3 Å². The summed E-state index contributed by atoms with van der Waals surface area (Å²) in [6.07, 6.45) is 0. The maximum atomic E-state index is 12.0. The summed E-state index contributed by atoms with van der Waals surface area (Å²) in [6, 6.07) is 12.2. The van der Waals surface area contributed by atoms with Gasteiger partial charge in [-0.1, -0.05) is 29.3 Å². The van der Waals surface area contributed by atoms with Crippen molar-refractivity contribution < 1.29 is 13.2 Å². The van der Waals surface area contributed by atoms with Crippen LogP contribution < -0.4 is 4.72 Å². The Labute approximate surface area is 122 Å². The second-order valence-electron chi connectivity index (χ2n) is 4.25. The summed E-state index contributed by atoms with van der Waals surface area (Å²) in [6.45, 7) is 1.88. The molecule has 20 heavy (non-hydrogen) atoms. The lowest BCUT2D eigenvalue weighted by molar-refractivity contribution is 0.0981. The van der Waals surface area contributed by atoms with E-state index in [2.05, 4.69) is 0 Å². The first kappa shape index (κ1) is 14.6. The minimum atomic E-state index is -3.89. The van der Waals surface area contributed by atoms with Gasteiger partial charge in [-0.25, -0.2) is 13.1 Å². The number of halogens is 1. The topological polar surface area (TPSA) is 63.2 Å². The third-order valence-electron chi connectivity index (χ3n) is 2.66. The number of nitrogens with one attached hydrogen (secondary N) is 1. The summed E-state index contributed by atoms with van der Waals surface area (Å²) in [5.41, 5.74) is 1.27. The molecule has 0 saturated carbocycles. The van der Waals surface area contributed by atoms with Crippen LogP contribution in [0.3, 0.4) is 0 Å². The predicted octanol–water partition coefficient (Wildman–Crippen LogP) is 2.77. The van der Waals surface area contributed by atoms with Gasteiger partial charge < -0.3 is 0 Å². The summed E-state index contributed by atoms with van der Waals surface area (Å²) < 4.78 is 26.1. The monoisotopic (exact) mass is 309 g/mol. The van der Waals surface area contributed by atoms with Crippen LogP contribution in [0.4, 0.5) is 0 Å². The molecule has 6 heteroatoms. The number of carbonyl (C=O) groups is 1. The lowest BCUT2D eigenvalue weighted by Crippen LogP contribution is -2.30. The number of hydrogen-bond acceptors (Lipinski definition) is 3. The number of hydrogen-bond donors (Lipinski definition) is 1. The third-order valence-corrected chi connectivity index (χ3v) is 4.26. The van der Waals surface area contributed by atoms with Crippen LogP contribution in [0.5, 0.6) is 0 Å². The minimum Gasteiger partial charge on any atom is -0.268 e. The van der Waals surface area contributed by atoms with Crippen molar-refractivity contribution in [1.29, 1.82) is 0 Å². The van der Waals surface area contributed by atoms with Crippen LogP contribution >= 0.6 is 11.6 Å². The molecule has 2 rings (SSSR count). The van der Waals surface area contributed by atoms with Gasteiger partial charge in [0, 0.05) is 10.6 Å². The highest BCUT2D eigenvalue weighted by Crippen LogP contribution is 2.14. The van der Waals surface area contributed by atoms with Crippen LogP contribution in [-0.2, 0) is 10.0 Å². The molecule has 0 aliphatic heterocycles. The number of amides is 1. The Morgan fingerprint density at radius 2 is 1.55 bits per heavy atom. The van der Waals surface area contributed by atoms with Crippen LogP contribution in [0.15, 0.2) is 53.4 Å². The molecule has 0 heterocycles. The fourth-order valence-electron chi connectivity index (χ4n) is 1.56. The smallest absolute Gasteiger partial charge is 0.264 e. The van der Waals surface area contributed by atoms with E-state index in [-0.39, 0.29) is 10.5 Å². The first-order chi connectivity index (χ1) is 9.38. The van der Waals surface area contributed by atoms with Gasteiger partial charge >= 0.3 is 0 Å². The van der Waals surface area contributed by atoms with Gasteiger partial charge in [-0.3, -0.25) is 4.79 Å². The van der Waals surface area contributed by atoms with Gasteiger partial charge in [-0.2, -0.15) is 0 Å². The van der Waals surface area contributed by atoms with Crippen LogP contribution in [0.25, 0.3) is 0 Å². The van der Waals surface area contributed by atoms with Crippen molar-refractivity contribution >= 4 is 27.5 Å². The molecule has 0 aliphatic carbocycles. The minimum absolute atomic E-state index is 0.0117. The summed E-state index contributed by atoms with van der Waals surface area (Å²) in [5.74, 6) is -0.667. The standard InChI is InChI=1S/C14H12ClNO3S/c1-10-2-4-11(5-3-10)14(17)16-20(18,19)13-8-6-12(15)7-9-13/h2-9H,1H3,(H,16,17). The normalized spacial score (nSPS) is 11.1. The Morgan fingerprint density at radius 1 is 1.00 bits per heavy atom. The van der Waals surface area contributed by atoms with E-state index in [0.29, 0.717) is 5.02 Å². The van der Waals surface area contributed by atoms with Crippen molar-refractivity contribution in [1.82, 2.24) is 4.72 Å². The maximum Gasteiger partial charge on any atom is 0.264 e. The Balaban J connectivity index is 2.22. The van der Waals surface area contributed by atoms with E-state index in [1.54, 1.807) is 24.3 Å². The van der Waals surface area contributed by atoms with Gasteiger partial charge in [-0.15, -0.1) is 0 Å². The quantitative estimate of drug-likeness (QED) is 0.948. The van der Waals surface area contributed by atoms with E-state index >= 15 is 0 Å². The van der Waals surface area contributed by atoms with Gasteiger partial charge in [-0.05, 0) is 43.3 Å². The number of aryl methyl sites for hydroxylation is 1. The average molecular weight is 310 g/mol. The Kier molecular flexibility index (Phi) is 4.11. The number of sulfonamides is 1. The number of rotatable bonds is 3. The molecular weight excluding hydrogens is 298 g/mol. The van der Waals surface area contributed by atoms with Gasteiger partial charge in [0.1, 0.15) is 0 Å². The molecule has 4 nitrogen and oxygen atoms in total. The molecule has 0 aromatic heterocycles. The largest absolute Gasteiger partial charge is 0.268 e. The highest BCUT2D eigenvalue weighted by Gasteiger charge is 2.18. The molecule has 2 aromatic carbocycles. The van der Waals surface area contributed by atoms with Crippen molar-refractivity contribution in [2.24, 2.45) is 0 Å². The Morgan fingerprint density at radius 3 is 2.10 bits per heavy atom. The summed E-state index contributed by atoms with van der Waals surface area (Å²) in [5, 5.41) is 0.425. The fraction of sp³-hybridized carbons (Fsp3) is 0.0714. The van der Waals surface area contributed by atoms with Crippen LogP contribution in [0, 0.1) is 6.92 Å².